The summed E-state index contributed by atoms with van der Waals surface area (Å²) in [6.07, 6.45) is 15.9. The first-order valence-electron chi connectivity index (χ1n) is 13.5. The Kier molecular flexibility index (Phi) is 14.7. The predicted octanol–water partition coefficient (Wildman–Crippen LogP) is 7.46. The van der Waals surface area contributed by atoms with Gasteiger partial charge in [-0.05, 0) is 67.4 Å². The van der Waals surface area contributed by atoms with Gasteiger partial charge in [0.05, 0.1) is 18.4 Å². The van der Waals surface area contributed by atoms with Crippen LogP contribution in [0.5, 0.6) is 11.5 Å². The Hall–Kier alpha value is -3.15. The van der Waals surface area contributed by atoms with Gasteiger partial charge < -0.3 is 9.47 Å². The normalized spacial score (nSPS) is 10.9. The number of amides is 1. The fraction of sp³-hybridized carbons (Fsp3) is 0.500. The molecule has 1 N–H and O–H groups in total. The average molecular weight is 495 g/mol. The Morgan fingerprint density at radius 1 is 0.750 bits per heavy atom. The second-order valence-corrected chi connectivity index (χ2v) is 8.99. The van der Waals surface area contributed by atoms with E-state index in [-0.39, 0.29) is 5.91 Å². The zero-order valence-electron chi connectivity index (χ0n) is 22.0. The zero-order chi connectivity index (χ0) is 25.8. The van der Waals surface area contributed by atoms with Gasteiger partial charge in [-0.3, -0.25) is 4.79 Å². The molecule has 0 aliphatic rings. The smallest absolute Gasteiger partial charge is 0.343 e. The summed E-state index contributed by atoms with van der Waals surface area (Å²) >= 11 is 0. The van der Waals surface area contributed by atoms with Crippen molar-refractivity contribution in [3.63, 3.8) is 0 Å². The minimum Gasteiger partial charge on any atom is -0.494 e. The number of carbonyl (C=O) groups is 2. The summed E-state index contributed by atoms with van der Waals surface area (Å²) in [7, 11) is 0. The summed E-state index contributed by atoms with van der Waals surface area (Å²) in [6.45, 7) is 4.73. The Morgan fingerprint density at radius 2 is 1.31 bits per heavy atom. The Morgan fingerprint density at radius 3 is 1.89 bits per heavy atom. The lowest BCUT2D eigenvalue weighted by Gasteiger charge is -2.06. The molecule has 0 aliphatic carbocycles. The van der Waals surface area contributed by atoms with Crippen molar-refractivity contribution in [2.24, 2.45) is 5.10 Å². The van der Waals surface area contributed by atoms with Gasteiger partial charge in [-0.1, -0.05) is 71.1 Å². The molecule has 6 heteroatoms. The summed E-state index contributed by atoms with van der Waals surface area (Å²) in [5, 5.41) is 4.03. The molecule has 36 heavy (non-hydrogen) atoms. The second kappa shape index (κ2) is 18.2. The van der Waals surface area contributed by atoms with Gasteiger partial charge in [0.1, 0.15) is 11.5 Å². The highest BCUT2D eigenvalue weighted by Crippen LogP contribution is 2.16. The van der Waals surface area contributed by atoms with Gasteiger partial charge >= 0.3 is 5.97 Å². The van der Waals surface area contributed by atoms with Gasteiger partial charge in [-0.15, -0.1) is 0 Å². The number of nitrogens with one attached hydrogen (secondary N) is 1. The molecule has 2 aromatic carbocycles. The lowest BCUT2D eigenvalue weighted by Crippen LogP contribution is -2.16. The number of carbonyl (C=O) groups excluding carboxylic acids is 2. The largest absolute Gasteiger partial charge is 0.494 e. The second-order valence-electron chi connectivity index (χ2n) is 8.99. The Labute approximate surface area is 216 Å². The van der Waals surface area contributed by atoms with Crippen LogP contribution in [-0.4, -0.2) is 24.7 Å². The van der Waals surface area contributed by atoms with Crippen LogP contribution in [0.15, 0.2) is 53.6 Å². The third kappa shape index (κ3) is 12.5. The molecule has 0 spiro atoms. The van der Waals surface area contributed by atoms with E-state index in [0.717, 1.165) is 18.4 Å². The molecule has 0 aromatic heterocycles. The van der Waals surface area contributed by atoms with E-state index in [9.17, 15) is 9.59 Å². The molecule has 0 heterocycles. The first kappa shape index (κ1) is 29.1. The monoisotopic (exact) mass is 494 g/mol. The quantitative estimate of drug-likeness (QED) is 0.0767. The van der Waals surface area contributed by atoms with Crippen LogP contribution in [0.2, 0.25) is 0 Å². The van der Waals surface area contributed by atoms with E-state index in [4.69, 9.17) is 9.47 Å². The first-order chi connectivity index (χ1) is 17.6. The van der Waals surface area contributed by atoms with Crippen LogP contribution in [0.1, 0.15) is 107 Å². The molecule has 6 nitrogen and oxygen atoms in total. The van der Waals surface area contributed by atoms with Gasteiger partial charge in [0.15, 0.2) is 0 Å². The topological polar surface area (TPSA) is 77.0 Å². The molecule has 2 rings (SSSR count). The fourth-order valence-corrected chi connectivity index (χ4v) is 3.83. The lowest BCUT2D eigenvalue weighted by atomic mass is 10.1. The van der Waals surface area contributed by atoms with Gasteiger partial charge in [0.25, 0.3) is 0 Å². The maximum absolute atomic E-state index is 12.3. The molecule has 2 aromatic rings. The summed E-state index contributed by atoms with van der Waals surface area (Å²) in [5.41, 5.74) is 3.83. The van der Waals surface area contributed by atoms with Crippen molar-refractivity contribution >= 4 is 18.1 Å². The molecular formula is C30H42N2O4. The van der Waals surface area contributed by atoms with Gasteiger partial charge in [-0.2, -0.15) is 5.10 Å². The van der Waals surface area contributed by atoms with E-state index in [1.54, 1.807) is 54.7 Å². The third-order valence-corrected chi connectivity index (χ3v) is 5.90. The summed E-state index contributed by atoms with van der Waals surface area (Å²) in [6, 6.07) is 13.8. The van der Waals surface area contributed by atoms with E-state index < -0.39 is 5.97 Å². The number of esters is 1. The lowest BCUT2D eigenvalue weighted by molar-refractivity contribution is -0.121. The molecule has 0 radical (unpaired) electrons. The number of unbranched alkanes of at least 4 members (excludes halogenated alkanes) is 10. The van der Waals surface area contributed by atoms with Gasteiger partial charge in [0, 0.05) is 6.42 Å². The molecule has 0 unspecified atom stereocenters. The predicted molar refractivity (Wildman–Crippen MR) is 146 cm³/mol. The minimum atomic E-state index is -0.436. The molecule has 0 bridgehead atoms. The van der Waals surface area contributed by atoms with Crippen molar-refractivity contribution in [1.29, 1.82) is 0 Å². The van der Waals surface area contributed by atoms with Gasteiger partial charge in [0.2, 0.25) is 5.91 Å². The van der Waals surface area contributed by atoms with Crippen molar-refractivity contribution in [2.45, 2.75) is 90.9 Å². The fourth-order valence-electron chi connectivity index (χ4n) is 3.83. The van der Waals surface area contributed by atoms with E-state index >= 15 is 0 Å². The highest BCUT2D eigenvalue weighted by atomic mass is 16.5. The zero-order valence-corrected chi connectivity index (χ0v) is 22.0. The van der Waals surface area contributed by atoms with Crippen LogP contribution < -0.4 is 14.9 Å². The van der Waals surface area contributed by atoms with E-state index in [1.807, 2.05) is 6.92 Å². The molecule has 0 saturated heterocycles. The first-order valence-corrected chi connectivity index (χ1v) is 13.5. The summed E-state index contributed by atoms with van der Waals surface area (Å²) in [5.74, 6) is 0.646. The summed E-state index contributed by atoms with van der Waals surface area (Å²) < 4.78 is 10.8. The number of benzene rings is 2. The van der Waals surface area contributed by atoms with Gasteiger partial charge in [-0.25, -0.2) is 10.2 Å². The van der Waals surface area contributed by atoms with Crippen molar-refractivity contribution in [2.75, 3.05) is 6.61 Å². The maximum atomic E-state index is 12.3. The number of nitrogens with zero attached hydrogens (tertiary/aromatic N) is 1. The summed E-state index contributed by atoms with van der Waals surface area (Å²) in [4.78, 5) is 24.3. The molecule has 0 aliphatic heterocycles. The maximum Gasteiger partial charge on any atom is 0.343 e. The molecule has 0 atom stereocenters. The minimum absolute atomic E-state index is 0.0666. The highest BCUT2D eigenvalue weighted by molar-refractivity contribution is 5.91. The van der Waals surface area contributed by atoms with Crippen molar-refractivity contribution in [1.82, 2.24) is 5.43 Å². The van der Waals surface area contributed by atoms with Crippen molar-refractivity contribution < 1.29 is 19.1 Å². The highest BCUT2D eigenvalue weighted by Gasteiger charge is 2.09. The SMILES string of the molecule is CCCCCCCCCCCCCC(=O)N/N=C\c1ccc(OC(=O)c2ccc(OCC)cc2)cc1. The van der Waals surface area contributed by atoms with Crippen LogP contribution in [0, 0.1) is 0 Å². The van der Waals surface area contributed by atoms with Crippen LogP contribution in [-0.2, 0) is 4.79 Å². The molecule has 0 saturated carbocycles. The van der Waals surface area contributed by atoms with Crippen LogP contribution >= 0.6 is 0 Å². The number of hydrogen-bond acceptors (Lipinski definition) is 5. The molecule has 1 amide bonds. The third-order valence-electron chi connectivity index (χ3n) is 5.90. The van der Waals surface area contributed by atoms with Crippen molar-refractivity contribution in [3.05, 3.63) is 59.7 Å². The number of hydrogen-bond donors (Lipinski definition) is 1. The molecular weight excluding hydrogens is 452 g/mol. The molecule has 196 valence electrons. The number of rotatable bonds is 18. The van der Waals surface area contributed by atoms with E-state index in [0.29, 0.717) is 30.1 Å². The van der Waals surface area contributed by atoms with E-state index in [2.05, 4.69) is 17.5 Å². The van der Waals surface area contributed by atoms with E-state index in [1.165, 1.54) is 57.8 Å². The molecule has 0 fully saturated rings. The number of ether oxygens (including phenoxy) is 2. The van der Waals surface area contributed by atoms with Crippen molar-refractivity contribution in [3.8, 4) is 11.5 Å². The van der Waals surface area contributed by atoms with Crippen LogP contribution in [0.4, 0.5) is 0 Å². The average Bonchev–Trinajstić information content (AvgIpc) is 2.89. The number of hydrazone groups is 1. The van der Waals surface area contributed by atoms with Crippen LogP contribution in [0.3, 0.4) is 0 Å². The standard InChI is InChI=1S/C30H42N2O4/c1-3-5-6-7-8-9-10-11-12-13-14-15-29(33)32-31-24-25-16-20-28(21-17-25)36-30(34)26-18-22-27(23-19-26)35-4-2/h16-24H,3-15H2,1-2H3,(H,32,33)/b31-24-. The Bertz CT molecular complexity index is 908. The Balaban J connectivity index is 1.58. The van der Waals surface area contributed by atoms with Crippen LogP contribution in [0.25, 0.3) is 0 Å².